The number of hydrogen-bond donors (Lipinski definition) is 0. The Bertz CT molecular complexity index is 1550. The molecule has 14 heteroatoms. The van der Waals surface area contributed by atoms with Crippen LogP contribution in [0, 0.1) is 12.7 Å². The van der Waals surface area contributed by atoms with Gasteiger partial charge in [-0.1, -0.05) is 24.3 Å². The Hall–Kier alpha value is -3.39. The number of carbonyl (C=O) groups excluding carboxylic acids is 2. The summed E-state index contributed by atoms with van der Waals surface area (Å²) in [6.07, 6.45) is -6.55. The van der Waals surface area contributed by atoms with E-state index in [4.69, 9.17) is 9.47 Å². The maximum Gasteiger partial charge on any atom is 0.425 e. The zero-order chi connectivity index (χ0) is 31.5. The van der Waals surface area contributed by atoms with Crippen LogP contribution in [0.5, 0.6) is 0 Å². The lowest BCUT2D eigenvalue weighted by molar-refractivity contribution is -0.143. The van der Waals surface area contributed by atoms with Crippen molar-refractivity contribution in [2.24, 2.45) is 0 Å². The van der Waals surface area contributed by atoms with E-state index >= 15 is 0 Å². The van der Waals surface area contributed by atoms with E-state index in [1.54, 1.807) is 58.9 Å². The number of hydrogen-bond acceptors (Lipinski definition) is 7. The molecular formula is C28H32F4N2O6S2. The van der Waals surface area contributed by atoms with Gasteiger partial charge in [0.05, 0.1) is 18.7 Å². The Labute approximate surface area is 246 Å². The number of rotatable bonds is 10. The number of benzene rings is 2. The van der Waals surface area contributed by atoms with Crippen LogP contribution in [-0.4, -0.2) is 43.5 Å². The summed E-state index contributed by atoms with van der Waals surface area (Å²) >= 11 is 1.07. The van der Waals surface area contributed by atoms with Gasteiger partial charge in [0.25, 0.3) is 0 Å². The van der Waals surface area contributed by atoms with Gasteiger partial charge in [-0.25, -0.2) is 13.5 Å². The molecule has 0 saturated carbocycles. The van der Waals surface area contributed by atoms with Crippen molar-refractivity contribution in [2.45, 2.75) is 65.8 Å². The summed E-state index contributed by atoms with van der Waals surface area (Å²) in [5.74, 6) is -2.10. The first-order valence-electron chi connectivity index (χ1n) is 13.0. The molecule has 0 bridgehead atoms. The average molecular weight is 633 g/mol. The highest BCUT2D eigenvalue weighted by Crippen LogP contribution is 2.41. The fourth-order valence-electron chi connectivity index (χ4n) is 4.04. The van der Waals surface area contributed by atoms with Crippen molar-refractivity contribution >= 4 is 48.7 Å². The molecule has 3 aromatic rings. The van der Waals surface area contributed by atoms with E-state index in [9.17, 15) is 35.6 Å². The highest BCUT2D eigenvalue weighted by atomic mass is 32.2. The monoisotopic (exact) mass is 632 g/mol. The number of ether oxygens (including phenoxy) is 2. The van der Waals surface area contributed by atoms with E-state index in [1.165, 1.54) is 0 Å². The third kappa shape index (κ3) is 7.91. The second kappa shape index (κ2) is 12.9. The van der Waals surface area contributed by atoms with Crippen LogP contribution in [0.4, 0.5) is 27.4 Å². The Morgan fingerprint density at radius 1 is 1.05 bits per heavy atom. The van der Waals surface area contributed by atoms with Gasteiger partial charge in [0, 0.05) is 17.7 Å². The van der Waals surface area contributed by atoms with Crippen LogP contribution in [-0.2, 0) is 37.2 Å². The smallest absolute Gasteiger partial charge is 0.425 e. The number of thiophene rings is 1. The van der Waals surface area contributed by atoms with Crippen molar-refractivity contribution < 1.29 is 45.0 Å². The Morgan fingerprint density at radius 3 is 2.31 bits per heavy atom. The summed E-state index contributed by atoms with van der Waals surface area (Å²) in [6, 6.07) is 9.23. The summed E-state index contributed by atoms with van der Waals surface area (Å²) in [5.41, 5.74) is -2.31. The third-order valence-corrected chi connectivity index (χ3v) is 9.08. The number of halogens is 4. The van der Waals surface area contributed by atoms with Crippen LogP contribution in [0.2, 0.25) is 0 Å². The lowest BCUT2D eigenvalue weighted by Gasteiger charge is -2.32. The number of nitrogens with zero attached hydrogens (tertiary/aromatic N) is 2. The minimum atomic E-state index is -5.02. The SMILES string of the molecule is CCOC(=O)CCCN(C(=O)OC(C)(C)C)S(=O)(=O)N(Cc1ccc(F)c(C(F)(F)F)c1)c1sc2ccccc2c1C. The number of aryl methyl sites for hydroxylation is 1. The molecule has 0 aliphatic rings. The van der Waals surface area contributed by atoms with E-state index in [-0.39, 0.29) is 30.0 Å². The quantitative estimate of drug-likeness (QED) is 0.173. The molecule has 1 heterocycles. The molecule has 0 atom stereocenters. The van der Waals surface area contributed by atoms with Gasteiger partial charge >= 0.3 is 28.4 Å². The number of alkyl halides is 3. The van der Waals surface area contributed by atoms with Crippen molar-refractivity contribution in [3.63, 3.8) is 0 Å². The van der Waals surface area contributed by atoms with Gasteiger partial charge in [0.1, 0.15) is 16.4 Å². The maximum absolute atomic E-state index is 14.3. The molecule has 1 aromatic heterocycles. The molecule has 0 unspecified atom stereocenters. The first kappa shape index (κ1) is 33.1. The van der Waals surface area contributed by atoms with Crippen molar-refractivity contribution in [2.75, 3.05) is 17.5 Å². The number of fused-ring (bicyclic) bond motifs is 1. The van der Waals surface area contributed by atoms with Gasteiger partial charge in [-0.05, 0) is 75.8 Å². The van der Waals surface area contributed by atoms with Crippen LogP contribution in [0.1, 0.15) is 57.2 Å². The molecule has 0 aliphatic heterocycles. The minimum absolute atomic E-state index is 0.106. The van der Waals surface area contributed by atoms with E-state index in [0.717, 1.165) is 21.7 Å². The largest absolute Gasteiger partial charge is 0.466 e. The van der Waals surface area contributed by atoms with Gasteiger partial charge in [-0.2, -0.15) is 25.9 Å². The standard InChI is InChI=1S/C28H32F4N2O6S2/c1-6-39-24(35)12-9-15-33(26(36)40-27(3,4)5)42(37,38)34(25-18(2)20-10-7-8-11-23(20)41-25)17-19-13-14-22(29)21(16-19)28(30,31)32/h7-8,10-11,13-14,16H,6,9,12,15,17H2,1-5H3. The summed E-state index contributed by atoms with van der Waals surface area (Å²) in [4.78, 5) is 25.2. The van der Waals surface area contributed by atoms with E-state index < -0.39 is 58.5 Å². The highest BCUT2D eigenvalue weighted by molar-refractivity contribution is 7.91. The molecule has 42 heavy (non-hydrogen) atoms. The van der Waals surface area contributed by atoms with Gasteiger partial charge in [-0.3, -0.25) is 4.79 Å². The predicted molar refractivity (Wildman–Crippen MR) is 152 cm³/mol. The fourth-order valence-corrected chi connectivity index (χ4v) is 7.04. The van der Waals surface area contributed by atoms with Crippen LogP contribution in [0.15, 0.2) is 42.5 Å². The number of amides is 1. The molecule has 2 aromatic carbocycles. The van der Waals surface area contributed by atoms with E-state index in [2.05, 4.69) is 0 Å². The van der Waals surface area contributed by atoms with Gasteiger partial charge in [0.2, 0.25) is 0 Å². The second-order valence-corrected chi connectivity index (χ2v) is 13.1. The van der Waals surface area contributed by atoms with Gasteiger partial charge in [-0.15, -0.1) is 11.3 Å². The molecule has 0 fully saturated rings. The van der Waals surface area contributed by atoms with Gasteiger partial charge in [0.15, 0.2) is 0 Å². The topological polar surface area (TPSA) is 93.2 Å². The summed E-state index contributed by atoms with van der Waals surface area (Å²) in [5, 5.41) is 0.854. The molecule has 0 N–H and O–H groups in total. The molecule has 0 saturated heterocycles. The van der Waals surface area contributed by atoms with Crippen LogP contribution >= 0.6 is 11.3 Å². The van der Waals surface area contributed by atoms with Crippen molar-refractivity contribution in [1.82, 2.24) is 4.31 Å². The molecule has 8 nitrogen and oxygen atoms in total. The zero-order valence-electron chi connectivity index (χ0n) is 23.7. The molecular weight excluding hydrogens is 600 g/mol. The minimum Gasteiger partial charge on any atom is -0.466 e. The van der Waals surface area contributed by atoms with Crippen molar-refractivity contribution in [3.8, 4) is 0 Å². The molecule has 0 radical (unpaired) electrons. The molecule has 3 rings (SSSR count). The highest BCUT2D eigenvalue weighted by Gasteiger charge is 2.39. The average Bonchev–Trinajstić information content (AvgIpc) is 3.20. The van der Waals surface area contributed by atoms with Crippen LogP contribution < -0.4 is 4.31 Å². The van der Waals surface area contributed by atoms with Crippen molar-refractivity contribution in [3.05, 3.63) is 65.0 Å². The third-order valence-electron chi connectivity index (χ3n) is 5.91. The maximum atomic E-state index is 14.3. The number of esters is 1. The molecule has 230 valence electrons. The van der Waals surface area contributed by atoms with Crippen molar-refractivity contribution in [1.29, 1.82) is 0 Å². The summed E-state index contributed by atoms with van der Waals surface area (Å²) in [6.45, 7) is 6.87. The van der Waals surface area contributed by atoms with E-state index in [1.807, 2.05) is 0 Å². The predicted octanol–water partition coefficient (Wildman–Crippen LogP) is 7.20. The van der Waals surface area contributed by atoms with Crippen LogP contribution in [0.3, 0.4) is 0 Å². The number of anilines is 1. The Kier molecular flexibility index (Phi) is 10.1. The van der Waals surface area contributed by atoms with Gasteiger partial charge < -0.3 is 9.47 Å². The lowest BCUT2D eigenvalue weighted by Crippen LogP contribution is -2.48. The van der Waals surface area contributed by atoms with E-state index in [0.29, 0.717) is 32.1 Å². The van der Waals surface area contributed by atoms with Crippen LogP contribution in [0.25, 0.3) is 10.1 Å². The first-order valence-corrected chi connectivity index (χ1v) is 15.2. The molecule has 0 spiro atoms. The molecule has 0 aliphatic carbocycles. The fraction of sp³-hybridized carbons (Fsp3) is 0.429. The molecule has 1 amide bonds. The second-order valence-electron chi connectivity index (χ2n) is 10.3. The lowest BCUT2D eigenvalue weighted by atomic mass is 10.1. The summed E-state index contributed by atoms with van der Waals surface area (Å²) in [7, 11) is -4.85. The first-order chi connectivity index (χ1) is 19.5. The summed E-state index contributed by atoms with van der Waals surface area (Å²) < 4.78 is 95.4. The Balaban J connectivity index is 2.16. The number of carbonyl (C=O) groups is 2. The zero-order valence-corrected chi connectivity index (χ0v) is 25.4. The Morgan fingerprint density at radius 2 is 1.71 bits per heavy atom. The normalized spacial score (nSPS) is 12.3.